The molecule has 1 N–H and O–H groups in total. The number of thioether (sulfide) groups is 1. The van der Waals surface area contributed by atoms with Gasteiger partial charge in [-0.3, -0.25) is 4.79 Å². The van der Waals surface area contributed by atoms with E-state index in [1.807, 2.05) is 0 Å². The van der Waals surface area contributed by atoms with Crippen molar-refractivity contribution in [2.24, 2.45) is 0 Å². The van der Waals surface area contributed by atoms with E-state index < -0.39 is 17.8 Å². The molecule has 0 aliphatic rings. The molecule has 1 aromatic rings. The number of aliphatic hydroxyl groups excluding tert-OH is 1. The summed E-state index contributed by atoms with van der Waals surface area (Å²) < 4.78 is 37.4. The number of hydrogen-bond donors (Lipinski definition) is 1. The molecule has 0 bridgehead atoms. The van der Waals surface area contributed by atoms with Crippen molar-refractivity contribution < 1.29 is 23.1 Å². The topological polar surface area (TPSA) is 37.3 Å². The van der Waals surface area contributed by atoms with Crippen molar-refractivity contribution in [1.29, 1.82) is 0 Å². The zero-order chi connectivity index (χ0) is 14.5. The van der Waals surface area contributed by atoms with E-state index in [1.165, 1.54) is 24.8 Å². The van der Waals surface area contributed by atoms with Crippen LogP contribution in [-0.2, 0) is 11.0 Å². The van der Waals surface area contributed by atoms with E-state index in [0.717, 1.165) is 12.1 Å². The van der Waals surface area contributed by atoms with Crippen molar-refractivity contribution in [1.82, 2.24) is 0 Å². The third-order valence-corrected chi connectivity index (χ3v) is 3.43. The van der Waals surface area contributed by atoms with Gasteiger partial charge in [0.15, 0.2) is 0 Å². The molecule has 0 heterocycles. The highest BCUT2D eigenvalue weighted by molar-refractivity contribution is 7.99. The number of alkyl halides is 3. The molecule has 1 unspecified atom stereocenters. The summed E-state index contributed by atoms with van der Waals surface area (Å²) in [6.07, 6.45) is -4.61. The smallest absolute Gasteiger partial charge is 0.393 e. The van der Waals surface area contributed by atoms with E-state index in [0.29, 0.717) is 17.1 Å². The number of benzene rings is 1. The number of carbonyl (C=O) groups excluding carboxylic acids is 1. The zero-order valence-corrected chi connectivity index (χ0v) is 11.2. The van der Waals surface area contributed by atoms with Crippen LogP contribution in [0.15, 0.2) is 29.2 Å². The van der Waals surface area contributed by atoms with Gasteiger partial charge in [0.05, 0.1) is 11.7 Å². The molecule has 0 saturated carbocycles. The summed E-state index contributed by atoms with van der Waals surface area (Å²) in [6, 6.07) is 5.06. The lowest BCUT2D eigenvalue weighted by Gasteiger charge is -2.10. The first-order valence-corrected chi connectivity index (χ1v) is 6.75. The Balaban J connectivity index is 2.48. The first-order chi connectivity index (χ1) is 8.79. The van der Waals surface area contributed by atoms with Gasteiger partial charge in [0, 0.05) is 17.1 Å². The molecule has 19 heavy (non-hydrogen) atoms. The van der Waals surface area contributed by atoms with Crippen molar-refractivity contribution in [2.75, 3.05) is 5.75 Å². The molecule has 6 heteroatoms. The Morgan fingerprint density at radius 2 is 2.11 bits per heavy atom. The van der Waals surface area contributed by atoms with E-state index >= 15 is 0 Å². The van der Waals surface area contributed by atoms with E-state index in [4.69, 9.17) is 0 Å². The van der Waals surface area contributed by atoms with Gasteiger partial charge >= 0.3 is 6.18 Å². The van der Waals surface area contributed by atoms with Crippen molar-refractivity contribution in [3.8, 4) is 0 Å². The molecule has 0 spiro atoms. The quantitative estimate of drug-likeness (QED) is 0.815. The molecule has 0 aliphatic heterocycles. The lowest BCUT2D eigenvalue weighted by Crippen LogP contribution is -2.12. The van der Waals surface area contributed by atoms with Crippen LogP contribution in [0.1, 0.15) is 25.3 Å². The van der Waals surface area contributed by atoms with Gasteiger partial charge < -0.3 is 5.11 Å². The van der Waals surface area contributed by atoms with Gasteiger partial charge in [-0.15, -0.1) is 11.8 Å². The van der Waals surface area contributed by atoms with Crippen LogP contribution in [-0.4, -0.2) is 22.7 Å². The Bertz CT molecular complexity index is 432. The molecular weight excluding hydrogens is 277 g/mol. The number of carbonyl (C=O) groups is 1. The second-order valence-corrected chi connectivity index (χ2v) is 5.39. The normalized spacial score (nSPS) is 13.3. The maximum Gasteiger partial charge on any atom is 0.416 e. The summed E-state index contributed by atoms with van der Waals surface area (Å²) in [6.45, 7) is 1.39. The summed E-state index contributed by atoms with van der Waals surface area (Å²) in [4.78, 5) is 11.3. The molecule has 106 valence electrons. The highest BCUT2D eigenvalue weighted by atomic mass is 32.2. The molecule has 0 aliphatic carbocycles. The predicted octanol–water partition coefficient (Wildman–Crippen LogP) is 3.53. The average molecular weight is 292 g/mol. The number of rotatable bonds is 6. The van der Waals surface area contributed by atoms with Crippen LogP contribution >= 0.6 is 11.8 Å². The Morgan fingerprint density at radius 1 is 1.42 bits per heavy atom. The number of aliphatic hydroxyl groups is 1. The van der Waals surface area contributed by atoms with E-state index in [2.05, 4.69) is 0 Å². The molecule has 0 fully saturated rings. The Kier molecular flexibility index (Phi) is 5.87. The second-order valence-electron chi connectivity index (χ2n) is 4.22. The van der Waals surface area contributed by atoms with Crippen molar-refractivity contribution in [2.45, 2.75) is 36.9 Å². The van der Waals surface area contributed by atoms with Gasteiger partial charge in [-0.25, -0.2) is 0 Å². The maximum atomic E-state index is 12.5. The van der Waals surface area contributed by atoms with Crippen LogP contribution < -0.4 is 0 Å². The molecule has 1 aromatic carbocycles. The summed E-state index contributed by atoms with van der Waals surface area (Å²) in [7, 11) is 0. The monoisotopic (exact) mass is 292 g/mol. The first kappa shape index (κ1) is 16.0. The predicted molar refractivity (Wildman–Crippen MR) is 68.1 cm³/mol. The van der Waals surface area contributed by atoms with E-state index in [9.17, 15) is 23.1 Å². The minimum absolute atomic E-state index is 0.0865. The lowest BCUT2D eigenvalue weighted by atomic mass is 10.1. The fraction of sp³-hybridized carbons (Fsp3) is 0.462. The number of hydrogen-bond acceptors (Lipinski definition) is 3. The number of Topliss-reactive ketones (excluding diaryl/α,β-unsaturated/α-hetero) is 1. The Labute approximate surface area is 114 Å². The van der Waals surface area contributed by atoms with Crippen LogP contribution in [0.5, 0.6) is 0 Å². The summed E-state index contributed by atoms with van der Waals surface area (Å²) in [5, 5.41) is 9.47. The Morgan fingerprint density at radius 3 is 2.68 bits per heavy atom. The third kappa shape index (κ3) is 6.11. The molecule has 2 nitrogen and oxygen atoms in total. The van der Waals surface area contributed by atoms with Crippen LogP contribution in [0.3, 0.4) is 0 Å². The molecular formula is C13H15F3O2S. The fourth-order valence-corrected chi connectivity index (χ4v) is 2.52. The summed E-state index contributed by atoms with van der Waals surface area (Å²) >= 11 is 1.23. The van der Waals surface area contributed by atoms with Gasteiger partial charge in [-0.2, -0.15) is 13.2 Å². The van der Waals surface area contributed by atoms with Crippen molar-refractivity contribution in [3.05, 3.63) is 29.8 Å². The van der Waals surface area contributed by atoms with E-state index in [1.54, 1.807) is 6.07 Å². The Hall–Kier alpha value is -1.01. The van der Waals surface area contributed by atoms with Crippen molar-refractivity contribution in [3.63, 3.8) is 0 Å². The van der Waals surface area contributed by atoms with Gasteiger partial charge in [0.25, 0.3) is 0 Å². The largest absolute Gasteiger partial charge is 0.416 e. The van der Waals surface area contributed by atoms with Gasteiger partial charge in [0.1, 0.15) is 5.78 Å². The molecule has 0 radical (unpaired) electrons. The average Bonchev–Trinajstić information content (AvgIpc) is 2.27. The lowest BCUT2D eigenvalue weighted by molar-refractivity contribution is -0.137. The van der Waals surface area contributed by atoms with Crippen LogP contribution in [0.25, 0.3) is 0 Å². The molecule has 0 amide bonds. The van der Waals surface area contributed by atoms with Gasteiger partial charge in [-0.1, -0.05) is 6.07 Å². The molecule has 0 saturated heterocycles. The standard InChI is InChI=1S/C13H15F3O2S/c1-9(17)7-11(18)5-6-19-12-4-2-3-10(8-12)13(14,15)16/h2-4,8,11,18H,5-7H2,1H3. The summed E-state index contributed by atoms with van der Waals surface area (Å²) in [5.41, 5.74) is -0.679. The SMILES string of the molecule is CC(=O)CC(O)CCSc1cccc(C(F)(F)F)c1. The maximum absolute atomic E-state index is 12.5. The van der Waals surface area contributed by atoms with Crippen LogP contribution in [0.2, 0.25) is 0 Å². The highest BCUT2D eigenvalue weighted by Gasteiger charge is 2.30. The molecule has 1 rings (SSSR count). The van der Waals surface area contributed by atoms with Crippen LogP contribution in [0.4, 0.5) is 13.2 Å². The molecule has 0 aromatic heterocycles. The number of halogens is 3. The van der Waals surface area contributed by atoms with Gasteiger partial charge in [-0.05, 0) is 31.5 Å². The minimum Gasteiger partial charge on any atom is -0.393 e. The zero-order valence-electron chi connectivity index (χ0n) is 10.4. The minimum atomic E-state index is -4.34. The third-order valence-electron chi connectivity index (χ3n) is 2.40. The van der Waals surface area contributed by atoms with Crippen LogP contribution in [0, 0.1) is 0 Å². The number of ketones is 1. The van der Waals surface area contributed by atoms with E-state index in [-0.39, 0.29) is 12.2 Å². The second kappa shape index (κ2) is 6.96. The van der Waals surface area contributed by atoms with Crippen molar-refractivity contribution >= 4 is 17.5 Å². The van der Waals surface area contributed by atoms with Gasteiger partial charge in [0.2, 0.25) is 0 Å². The molecule has 1 atom stereocenters. The highest BCUT2D eigenvalue weighted by Crippen LogP contribution is 2.32. The first-order valence-electron chi connectivity index (χ1n) is 5.76. The summed E-state index contributed by atoms with van der Waals surface area (Å²) in [5.74, 6) is 0.368. The fourth-order valence-electron chi connectivity index (χ4n) is 1.51.